The second-order valence-corrected chi connectivity index (χ2v) is 19.7. The van der Waals surface area contributed by atoms with Crippen LogP contribution < -0.4 is 0 Å². The summed E-state index contributed by atoms with van der Waals surface area (Å²) in [6, 6.07) is 32.2. The van der Waals surface area contributed by atoms with E-state index in [0.29, 0.717) is 30.1 Å². The molecule has 6 bridgehead atoms. The van der Waals surface area contributed by atoms with Crippen molar-refractivity contribution in [1.29, 1.82) is 0 Å². The molecule has 6 saturated carbocycles. The minimum atomic E-state index is -5.97. The molecule has 0 saturated heterocycles. The van der Waals surface area contributed by atoms with E-state index in [2.05, 4.69) is 95.7 Å². The first-order valence-corrected chi connectivity index (χ1v) is 21.4. The van der Waals surface area contributed by atoms with Gasteiger partial charge in [-0.2, -0.15) is 8.78 Å². The molecule has 0 radical (unpaired) electrons. The summed E-state index contributed by atoms with van der Waals surface area (Å²) >= 11 is 0. The van der Waals surface area contributed by atoms with E-state index in [1.807, 2.05) is 20.8 Å². The molecule has 0 spiro atoms. The van der Waals surface area contributed by atoms with Gasteiger partial charge < -0.3 is 14.0 Å². The zero-order valence-electron chi connectivity index (χ0n) is 30.3. The van der Waals surface area contributed by atoms with E-state index in [9.17, 15) is 31.3 Å². The Bertz CT molecular complexity index is 1750. The minimum absolute atomic E-state index is 0.0146. The highest BCUT2D eigenvalue weighted by atomic mass is 32.2. The van der Waals surface area contributed by atoms with E-state index >= 15 is 0 Å². The van der Waals surface area contributed by atoms with E-state index in [-0.39, 0.29) is 34.6 Å². The van der Waals surface area contributed by atoms with Crippen LogP contribution in [0.15, 0.2) is 106 Å². The average Bonchev–Trinajstić information content (AvgIpc) is 3.67. The van der Waals surface area contributed by atoms with Gasteiger partial charge in [0.1, 0.15) is 5.60 Å². The minimum Gasteiger partial charge on any atom is -0.743 e. The fraction of sp³-hybridized carbons (Fsp3) is 0.524. The zero-order valence-corrected chi connectivity index (χ0v) is 31.9. The van der Waals surface area contributed by atoms with Gasteiger partial charge in [0, 0.05) is 0 Å². The molecule has 0 N–H and O–H groups in total. The van der Waals surface area contributed by atoms with Crippen LogP contribution in [0.3, 0.4) is 0 Å². The largest absolute Gasteiger partial charge is 0.743 e. The van der Waals surface area contributed by atoms with E-state index in [1.165, 1.54) is 21.1 Å². The van der Waals surface area contributed by atoms with Crippen molar-refractivity contribution in [3.8, 4) is 0 Å². The molecule has 3 aromatic rings. The van der Waals surface area contributed by atoms with Crippen LogP contribution in [-0.2, 0) is 40.1 Å². The lowest BCUT2D eigenvalue weighted by Gasteiger charge is -2.59. The summed E-state index contributed by atoms with van der Waals surface area (Å²) in [7, 11) is -5.99. The topological polar surface area (TPSA) is 110 Å². The van der Waals surface area contributed by atoms with Crippen LogP contribution in [0, 0.1) is 59.2 Å². The van der Waals surface area contributed by atoms with E-state index in [0.717, 1.165) is 25.7 Å². The summed E-state index contributed by atoms with van der Waals surface area (Å²) in [6.07, 6.45) is 6.04. The summed E-state index contributed by atoms with van der Waals surface area (Å²) in [5.41, 5.74) is -0.584. The summed E-state index contributed by atoms with van der Waals surface area (Å²) in [4.78, 5) is 30.7. The van der Waals surface area contributed by atoms with Gasteiger partial charge in [-0.05, 0) is 129 Å². The third-order valence-electron chi connectivity index (χ3n) is 13.3. The number of benzene rings is 3. The predicted molar refractivity (Wildman–Crippen MR) is 196 cm³/mol. The Morgan fingerprint density at radius 2 is 1.11 bits per heavy atom. The maximum Gasteiger partial charge on any atom is 0.367 e. The average molecular weight is 767 g/mol. The maximum absolute atomic E-state index is 13.6. The third kappa shape index (κ3) is 7.30. The van der Waals surface area contributed by atoms with Crippen LogP contribution in [0.25, 0.3) is 0 Å². The molecule has 3 aromatic carbocycles. The molecule has 53 heavy (non-hydrogen) atoms. The smallest absolute Gasteiger partial charge is 0.367 e. The summed E-state index contributed by atoms with van der Waals surface area (Å²) in [5, 5.41) is -4.72. The number of alkyl halides is 2. The Balaban J connectivity index is 0.000000193. The van der Waals surface area contributed by atoms with Crippen LogP contribution in [-0.4, -0.2) is 42.4 Å². The third-order valence-corrected chi connectivity index (χ3v) is 16.4. The van der Waals surface area contributed by atoms with Crippen LogP contribution in [0.1, 0.15) is 59.3 Å². The lowest BCUT2D eigenvalue weighted by Crippen LogP contribution is -2.59. The maximum atomic E-state index is 13.6. The lowest BCUT2D eigenvalue weighted by atomic mass is 9.50. The van der Waals surface area contributed by atoms with Gasteiger partial charge in [-0.25, -0.2) is 8.42 Å². The molecule has 6 atom stereocenters. The van der Waals surface area contributed by atoms with E-state index in [4.69, 9.17) is 4.74 Å². The molecule has 6 aliphatic carbocycles. The summed E-state index contributed by atoms with van der Waals surface area (Å²) in [5.74, 6) is -1.46. The quantitative estimate of drug-likeness (QED) is 0.122. The molecule has 6 unspecified atom stereocenters. The first-order valence-electron chi connectivity index (χ1n) is 18.8. The van der Waals surface area contributed by atoms with Gasteiger partial charge in [-0.3, -0.25) is 9.59 Å². The van der Waals surface area contributed by atoms with Gasteiger partial charge >= 0.3 is 17.2 Å². The van der Waals surface area contributed by atoms with Gasteiger partial charge in [0.2, 0.25) is 0 Å². The van der Waals surface area contributed by atoms with Crippen molar-refractivity contribution in [2.45, 2.75) is 84.8 Å². The monoisotopic (exact) mass is 766 g/mol. The Morgan fingerprint density at radius 3 is 1.51 bits per heavy atom. The second kappa shape index (κ2) is 14.8. The molecule has 0 aromatic heterocycles. The molecule has 6 fully saturated rings. The number of rotatable bonds is 9. The number of fused-ring (bicyclic) bond motifs is 2. The molecular formula is C42H48F2O7S2. The second-order valence-electron chi connectivity index (χ2n) is 16.2. The first kappa shape index (κ1) is 38.0. The van der Waals surface area contributed by atoms with Crippen LogP contribution in [0.4, 0.5) is 8.78 Å². The van der Waals surface area contributed by atoms with Crippen molar-refractivity contribution < 1.29 is 40.8 Å². The van der Waals surface area contributed by atoms with Crippen molar-refractivity contribution in [1.82, 2.24) is 0 Å². The number of hydrogen-bond donors (Lipinski definition) is 0. The number of hydrogen-bond acceptors (Lipinski definition) is 7. The highest BCUT2D eigenvalue weighted by Gasteiger charge is 2.63. The Morgan fingerprint density at radius 1 is 0.717 bits per heavy atom. The molecule has 6 aliphatic rings. The van der Waals surface area contributed by atoms with Gasteiger partial charge in [0.25, 0.3) is 0 Å². The zero-order chi connectivity index (χ0) is 37.7. The fourth-order valence-electron chi connectivity index (χ4n) is 10.6. The Hall–Kier alpha value is -3.28. The number of esters is 2. The molecule has 0 amide bonds. The number of carbonyl (C=O) groups is 2. The van der Waals surface area contributed by atoms with Crippen molar-refractivity contribution in [3.63, 3.8) is 0 Å². The normalized spacial score (nSPS) is 34.0. The van der Waals surface area contributed by atoms with Crippen LogP contribution >= 0.6 is 0 Å². The molecule has 0 aliphatic heterocycles. The van der Waals surface area contributed by atoms with Gasteiger partial charge in [-0.15, -0.1) is 0 Å². The molecular weight excluding hydrogens is 719 g/mol. The van der Waals surface area contributed by atoms with Gasteiger partial charge in [0.15, 0.2) is 31.4 Å². The summed E-state index contributed by atoms with van der Waals surface area (Å²) in [6.45, 7) is 4.17. The molecule has 11 heteroatoms. The fourth-order valence-corrected chi connectivity index (χ4v) is 12.9. The van der Waals surface area contributed by atoms with Crippen molar-refractivity contribution in [2.24, 2.45) is 59.2 Å². The van der Waals surface area contributed by atoms with Gasteiger partial charge in [0.05, 0.1) is 22.7 Å². The van der Waals surface area contributed by atoms with Crippen molar-refractivity contribution in [3.05, 3.63) is 91.0 Å². The number of ether oxygens (including phenoxy) is 2. The Kier molecular flexibility index (Phi) is 10.6. The molecule has 0 heterocycles. The van der Waals surface area contributed by atoms with Crippen molar-refractivity contribution >= 4 is 33.0 Å². The summed E-state index contributed by atoms with van der Waals surface area (Å²) < 4.78 is 70.5. The number of carbonyl (C=O) groups excluding carboxylic acids is 2. The standard InChI is InChI=1S/C24H34F2O7S.C18H15S/c1-11-12(2)18-9-17(11)19(21(27)32-10-24(25,26)34(29,30)31)20(18)22(28)33-23(3)15-5-13-4-14(7-15)8-16(23)6-13;1-4-10-16(11-5-1)19(17-12-6-2-7-13-17)18-14-8-3-9-15-18/h11-20H,4-10H2,1-3H3,(H,29,30,31);1-15H/q;+1/p-1. The van der Waals surface area contributed by atoms with Gasteiger partial charge in [-0.1, -0.05) is 68.4 Å². The van der Waals surface area contributed by atoms with Crippen LogP contribution in [0.5, 0.6) is 0 Å². The molecule has 9 rings (SSSR count). The lowest BCUT2D eigenvalue weighted by molar-refractivity contribution is -0.212. The van der Waals surface area contributed by atoms with Crippen LogP contribution in [0.2, 0.25) is 0 Å². The highest BCUT2D eigenvalue weighted by Crippen LogP contribution is 2.62. The predicted octanol–water partition coefficient (Wildman–Crippen LogP) is 8.36. The number of halogens is 2. The van der Waals surface area contributed by atoms with E-state index in [1.54, 1.807) is 0 Å². The SMILES string of the molecule is CC1C(C)C2CC1C(C(=O)OCC(F)(F)S(=O)(=O)[O-])C2C(=O)OC1(C)C2CC3CC(C2)CC1C3.c1ccc([S+](c2ccccc2)c2ccccc2)cc1. The highest BCUT2D eigenvalue weighted by molar-refractivity contribution is 7.97. The Labute approximate surface area is 314 Å². The van der Waals surface area contributed by atoms with Crippen molar-refractivity contribution in [2.75, 3.05) is 6.61 Å². The molecule has 284 valence electrons. The molecule has 7 nitrogen and oxygen atoms in total. The van der Waals surface area contributed by atoms with E-state index < -0.39 is 51.4 Å². The first-order chi connectivity index (χ1) is 25.2.